The number of benzene rings is 1. The van der Waals surface area contributed by atoms with Crippen LogP contribution < -0.4 is 5.32 Å². The van der Waals surface area contributed by atoms with E-state index in [0.717, 1.165) is 23.2 Å². The van der Waals surface area contributed by atoms with E-state index < -0.39 is 9.84 Å². The molecule has 0 aliphatic carbocycles. The van der Waals surface area contributed by atoms with E-state index in [4.69, 9.17) is 0 Å². The Hall–Kier alpha value is -0.870. The minimum atomic E-state index is -3.10. The van der Waals surface area contributed by atoms with Crippen LogP contribution in [0.15, 0.2) is 18.2 Å². The molecular formula is C16H27NO2S. The Balaban J connectivity index is 2.78. The second kappa shape index (κ2) is 7.23. The molecule has 0 aromatic heterocycles. The molecule has 1 rings (SSSR count). The second-order valence-corrected chi connectivity index (χ2v) is 8.23. The van der Waals surface area contributed by atoms with Crippen LogP contribution in [-0.4, -0.2) is 26.3 Å². The maximum atomic E-state index is 12.4. The first kappa shape index (κ1) is 17.2. The Labute approximate surface area is 123 Å². The normalized spacial score (nSPS) is 15.1. The third-order valence-electron chi connectivity index (χ3n) is 3.50. The van der Waals surface area contributed by atoms with Crippen molar-refractivity contribution in [2.45, 2.75) is 58.1 Å². The minimum Gasteiger partial charge on any atom is -0.314 e. The maximum absolute atomic E-state index is 12.4. The van der Waals surface area contributed by atoms with Crippen LogP contribution in [0.2, 0.25) is 0 Å². The lowest BCUT2D eigenvalue weighted by atomic mass is 10.1. The van der Waals surface area contributed by atoms with Gasteiger partial charge in [-0.25, -0.2) is 8.42 Å². The second-order valence-electron chi connectivity index (χ2n) is 5.81. The Bertz CT molecular complexity index is 517. The van der Waals surface area contributed by atoms with Gasteiger partial charge in [0.2, 0.25) is 0 Å². The summed E-state index contributed by atoms with van der Waals surface area (Å²) in [4.78, 5) is 0. The van der Waals surface area contributed by atoms with Gasteiger partial charge in [0, 0.05) is 6.04 Å². The molecule has 0 amide bonds. The summed E-state index contributed by atoms with van der Waals surface area (Å²) in [6, 6.07) is 6.21. The fourth-order valence-corrected chi connectivity index (χ4v) is 4.10. The molecule has 0 saturated heterocycles. The molecule has 114 valence electrons. The van der Waals surface area contributed by atoms with Gasteiger partial charge in [0.15, 0.2) is 9.84 Å². The topological polar surface area (TPSA) is 46.2 Å². The molecule has 20 heavy (non-hydrogen) atoms. The zero-order chi connectivity index (χ0) is 15.3. The van der Waals surface area contributed by atoms with Gasteiger partial charge >= 0.3 is 0 Å². The van der Waals surface area contributed by atoms with E-state index in [9.17, 15) is 8.42 Å². The Morgan fingerprint density at radius 3 is 2.15 bits per heavy atom. The highest BCUT2D eigenvalue weighted by atomic mass is 32.2. The van der Waals surface area contributed by atoms with Crippen molar-refractivity contribution >= 4 is 9.84 Å². The zero-order valence-corrected chi connectivity index (χ0v) is 14.0. The van der Waals surface area contributed by atoms with Gasteiger partial charge in [-0.2, -0.15) is 0 Å². The monoisotopic (exact) mass is 297 g/mol. The number of hydrogen-bond acceptors (Lipinski definition) is 3. The molecule has 0 aliphatic rings. The third kappa shape index (κ3) is 5.25. The van der Waals surface area contributed by atoms with Crippen LogP contribution in [0, 0.1) is 13.8 Å². The molecule has 0 heterocycles. The van der Waals surface area contributed by atoms with Crippen molar-refractivity contribution in [2.24, 2.45) is 0 Å². The van der Waals surface area contributed by atoms with Gasteiger partial charge < -0.3 is 5.32 Å². The molecule has 2 atom stereocenters. The fraction of sp³-hybridized carbons (Fsp3) is 0.625. The maximum Gasteiger partial charge on any atom is 0.157 e. The summed E-state index contributed by atoms with van der Waals surface area (Å²) in [6.45, 7) is 10.7. The average molecular weight is 297 g/mol. The van der Waals surface area contributed by atoms with Crippen molar-refractivity contribution in [2.75, 3.05) is 6.54 Å². The Morgan fingerprint density at radius 2 is 1.65 bits per heavy atom. The highest BCUT2D eigenvalue weighted by molar-refractivity contribution is 7.91. The van der Waals surface area contributed by atoms with Gasteiger partial charge in [-0.15, -0.1) is 0 Å². The van der Waals surface area contributed by atoms with E-state index in [-0.39, 0.29) is 17.0 Å². The number of nitrogens with one attached hydrogen (secondary N) is 1. The van der Waals surface area contributed by atoms with Crippen molar-refractivity contribution in [3.05, 3.63) is 34.9 Å². The summed E-state index contributed by atoms with van der Waals surface area (Å²) in [7, 11) is -3.10. The Morgan fingerprint density at radius 1 is 1.10 bits per heavy atom. The van der Waals surface area contributed by atoms with Crippen LogP contribution in [0.5, 0.6) is 0 Å². The van der Waals surface area contributed by atoms with E-state index in [1.165, 1.54) is 0 Å². The average Bonchev–Trinajstić information content (AvgIpc) is 2.26. The molecule has 1 aromatic rings. The van der Waals surface area contributed by atoms with Crippen LogP contribution in [0.1, 0.15) is 43.9 Å². The largest absolute Gasteiger partial charge is 0.314 e. The first-order chi connectivity index (χ1) is 9.24. The van der Waals surface area contributed by atoms with Gasteiger partial charge in [0.25, 0.3) is 0 Å². The van der Waals surface area contributed by atoms with E-state index in [2.05, 4.69) is 11.4 Å². The lowest BCUT2D eigenvalue weighted by Crippen LogP contribution is -2.32. The minimum absolute atomic E-state index is 0.134. The molecular weight excluding hydrogens is 270 g/mol. The summed E-state index contributed by atoms with van der Waals surface area (Å²) in [5.41, 5.74) is 3.12. The Kier molecular flexibility index (Phi) is 6.21. The highest BCUT2D eigenvalue weighted by Gasteiger charge is 2.23. The molecule has 0 radical (unpaired) electrons. The number of sulfone groups is 1. The molecule has 0 spiro atoms. The lowest BCUT2D eigenvalue weighted by Gasteiger charge is -2.18. The van der Waals surface area contributed by atoms with Crippen LogP contribution in [0.4, 0.5) is 0 Å². The number of rotatable bonds is 7. The van der Waals surface area contributed by atoms with Crippen molar-refractivity contribution in [1.29, 1.82) is 0 Å². The van der Waals surface area contributed by atoms with Gasteiger partial charge in [-0.3, -0.25) is 0 Å². The predicted molar refractivity (Wildman–Crippen MR) is 85.8 cm³/mol. The fourth-order valence-electron chi connectivity index (χ4n) is 2.60. The van der Waals surface area contributed by atoms with Crippen LogP contribution in [0.3, 0.4) is 0 Å². The molecule has 4 heteroatoms. The van der Waals surface area contributed by atoms with E-state index >= 15 is 0 Å². The van der Waals surface area contributed by atoms with E-state index in [1.807, 2.05) is 46.8 Å². The SMILES string of the molecule is CCNC(C)CC(C)S(=O)(=O)Cc1cc(C)cc(C)c1. The highest BCUT2D eigenvalue weighted by Crippen LogP contribution is 2.17. The van der Waals surface area contributed by atoms with Crippen LogP contribution >= 0.6 is 0 Å². The zero-order valence-electron chi connectivity index (χ0n) is 13.2. The first-order valence-corrected chi connectivity index (χ1v) is 8.98. The van der Waals surface area contributed by atoms with Gasteiger partial charge in [-0.05, 0) is 46.2 Å². The molecule has 0 saturated carbocycles. The predicted octanol–water partition coefficient (Wildman–Crippen LogP) is 2.99. The van der Waals surface area contributed by atoms with Gasteiger partial charge in [0.05, 0.1) is 11.0 Å². The number of aryl methyl sites for hydroxylation is 2. The molecule has 1 N–H and O–H groups in total. The summed E-state index contributed by atoms with van der Waals surface area (Å²) >= 11 is 0. The van der Waals surface area contributed by atoms with Crippen molar-refractivity contribution in [3.8, 4) is 0 Å². The van der Waals surface area contributed by atoms with Gasteiger partial charge in [0.1, 0.15) is 0 Å². The lowest BCUT2D eigenvalue weighted by molar-refractivity contribution is 0.509. The smallest absolute Gasteiger partial charge is 0.157 e. The van der Waals surface area contributed by atoms with E-state index in [1.54, 1.807) is 0 Å². The molecule has 0 bridgehead atoms. The first-order valence-electron chi connectivity index (χ1n) is 7.26. The summed E-state index contributed by atoms with van der Waals surface area (Å²) in [6.07, 6.45) is 0.654. The molecule has 0 aliphatic heterocycles. The van der Waals surface area contributed by atoms with Crippen molar-refractivity contribution in [3.63, 3.8) is 0 Å². The summed E-state index contributed by atoms with van der Waals surface area (Å²) in [5.74, 6) is 0.134. The van der Waals surface area contributed by atoms with Crippen molar-refractivity contribution < 1.29 is 8.42 Å². The van der Waals surface area contributed by atoms with Gasteiger partial charge in [-0.1, -0.05) is 36.2 Å². The van der Waals surface area contributed by atoms with Crippen molar-refractivity contribution in [1.82, 2.24) is 5.32 Å². The molecule has 3 nitrogen and oxygen atoms in total. The molecule has 1 aromatic carbocycles. The van der Waals surface area contributed by atoms with Crippen LogP contribution in [0.25, 0.3) is 0 Å². The van der Waals surface area contributed by atoms with E-state index in [0.29, 0.717) is 6.42 Å². The quantitative estimate of drug-likeness (QED) is 0.841. The number of hydrogen-bond donors (Lipinski definition) is 1. The standard InChI is InChI=1S/C16H27NO2S/c1-6-17-14(4)10-15(5)20(18,19)11-16-8-12(2)7-13(3)9-16/h7-9,14-15,17H,6,10-11H2,1-5H3. The summed E-state index contributed by atoms with van der Waals surface area (Å²) in [5, 5.41) is 2.94. The van der Waals surface area contributed by atoms with Crippen LogP contribution in [-0.2, 0) is 15.6 Å². The molecule has 2 unspecified atom stereocenters. The third-order valence-corrected chi connectivity index (χ3v) is 5.65. The molecule has 0 fully saturated rings. The summed E-state index contributed by atoms with van der Waals surface area (Å²) < 4.78 is 24.9.